The van der Waals surface area contributed by atoms with Crippen LogP contribution in [-0.2, 0) is 0 Å². The van der Waals surface area contributed by atoms with Crippen LogP contribution >= 0.6 is 0 Å². The van der Waals surface area contributed by atoms with Crippen molar-refractivity contribution in [3.8, 4) is 0 Å². The molecule has 3 atom stereocenters. The van der Waals surface area contributed by atoms with E-state index >= 15 is 0 Å². The molecular formula is C17H28N2O. The Morgan fingerprint density at radius 3 is 2.85 bits per heavy atom. The third-order valence-corrected chi connectivity index (χ3v) is 4.15. The van der Waals surface area contributed by atoms with E-state index in [1.54, 1.807) is 11.8 Å². The molecule has 0 bridgehead atoms. The summed E-state index contributed by atoms with van der Waals surface area (Å²) < 4.78 is 5.54. The van der Waals surface area contributed by atoms with Gasteiger partial charge in [-0.15, -0.1) is 0 Å². The number of nitrogens with one attached hydrogen (secondary N) is 1. The molecule has 1 aromatic heterocycles. The number of furan rings is 1. The lowest BCUT2D eigenvalue weighted by molar-refractivity contribution is 0.244. The molecule has 1 aliphatic rings. The maximum atomic E-state index is 5.54. The van der Waals surface area contributed by atoms with E-state index < -0.39 is 0 Å². The molecule has 1 aliphatic carbocycles. The van der Waals surface area contributed by atoms with Crippen molar-refractivity contribution in [2.24, 2.45) is 11.8 Å². The Morgan fingerprint density at radius 1 is 1.45 bits per heavy atom. The van der Waals surface area contributed by atoms with Gasteiger partial charge in [0.05, 0.1) is 12.3 Å². The van der Waals surface area contributed by atoms with Crippen molar-refractivity contribution >= 4 is 0 Å². The van der Waals surface area contributed by atoms with Crippen molar-refractivity contribution in [1.82, 2.24) is 10.2 Å². The van der Waals surface area contributed by atoms with Gasteiger partial charge in [0.25, 0.3) is 0 Å². The lowest BCUT2D eigenvalue weighted by Gasteiger charge is -2.28. The van der Waals surface area contributed by atoms with E-state index in [1.165, 1.54) is 12.8 Å². The van der Waals surface area contributed by atoms with Gasteiger partial charge in [-0.2, -0.15) is 0 Å². The van der Waals surface area contributed by atoms with Crippen molar-refractivity contribution < 1.29 is 4.42 Å². The van der Waals surface area contributed by atoms with Gasteiger partial charge in [0, 0.05) is 6.54 Å². The second kappa shape index (κ2) is 7.09. The molecule has 20 heavy (non-hydrogen) atoms. The fourth-order valence-electron chi connectivity index (χ4n) is 3.28. The second-order valence-electron chi connectivity index (χ2n) is 6.45. The Labute approximate surface area is 123 Å². The molecule has 0 fully saturated rings. The van der Waals surface area contributed by atoms with E-state index in [4.69, 9.17) is 4.42 Å². The highest BCUT2D eigenvalue weighted by molar-refractivity contribution is 5.07. The van der Waals surface area contributed by atoms with E-state index in [0.29, 0.717) is 6.04 Å². The molecule has 0 spiro atoms. The molecule has 0 aromatic carbocycles. The van der Waals surface area contributed by atoms with Gasteiger partial charge in [-0.05, 0) is 64.4 Å². The van der Waals surface area contributed by atoms with Crippen molar-refractivity contribution in [3.05, 3.63) is 35.8 Å². The van der Waals surface area contributed by atoms with Crippen LogP contribution in [0.4, 0.5) is 0 Å². The summed E-state index contributed by atoms with van der Waals surface area (Å²) in [5, 5.41) is 3.64. The van der Waals surface area contributed by atoms with Gasteiger partial charge >= 0.3 is 0 Å². The largest absolute Gasteiger partial charge is 0.468 e. The van der Waals surface area contributed by atoms with Crippen molar-refractivity contribution in [2.45, 2.75) is 32.7 Å². The topological polar surface area (TPSA) is 28.4 Å². The molecule has 0 saturated heterocycles. The van der Waals surface area contributed by atoms with Gasteiger partial charge in [-0.3, -0.25) is 4.90 Å². The van der Waals surface area contributed by atoms with Crippen LogP contribution in [0, 0.1) is 11.8 Å². The summed E-state index contributed by atoms with van der Waals surface area (Å²) in [6.07, 6.45) is 6.72. The summed E-state index contributed by atoms with van der Waals surface area (Å²) in [5.74, 6) is 2.54. The molecule has 1 aromatic rings. The molecule has 3 nitrogen and oxygen atoms in total. The molecule has 0 aliphatic heterocycles. The fourth-order valence-corrected chi connectivity index (χ4v) is 3.28. The Bertz CT molecular complexity index is 422. The summed E-state index contributed by atoms with van der Waals surface area (Å²) in [4.78, 5) is 2.21. The molecule has 3 unspecified atom stereocenters. The highest BCUT2D eigenvalue weighted by Crippen LogP contribution is 2.27. The highest BCUT2D eigenvalue weighted by Gasteiger charge is 2.20. The van der Waals surface area contributed by atoms with E-state index in [1.807, 2.05) is 6.07 Å². The summed E-state index contributed by atoms with van der Waals surface area (Å²) >= 11 is 0. The third-order valence-electron chi connectivity index (χ3n) is 4.15. The van der Waals surface area contributed by atoms with Crippen LogP contribution in [0.3, 0.4) is 0 Å². The van der Waals surface area contributed by atoms with Crippen molar-refractivity contribution in [2.75, 3.05) is 27.2 Å². The lowest BCUT2D eigenvalue weighted by Crippen LogP contribution is -2.34. The van der Waals surface area contributed by atoms with E-state index in [0.717, 1.165) is 30.7 Å². The fraction of sp³-hybridized carbons (Fsp3) is 0.647. The maximum absolute atomic E-state index is 5.54. The van der Waals surface area contributed by atoms with Gasteiger partial charge in [-0.25, -0.2) is 0 Å². The molecule has 3 heteroatoms. The first-order chi connectivity index (χ1) is 9.56. The maximum Gasteiger partial charge on any atom is 0.122 e. The smallest absolute Gasteiger partial charge is 0.122 e. The Balaban J connectivity index is 1.81. The molecule has 0 saturated carbocycles. The number of nitrogens with zero attached hydrogens (tertiary/aromatic N) is 1. The van der Waals surface area contributed by atoms with Crippen molar-refractivity contribution in [1.29, 1.82) is 0 Å². The molecule has 0 amide bonds. The number of allylic oxidation sites excluding steroid dienone is 2. The van der Waals surface area contributed by atoms with Gasteiger partial charge < -0.3 is 9.73 Å². The van der Waals surface area contributed by atoms with Crippen LogP contribution in [-0.4, -0.2) is 32.1 Å². The van der Waals surface area contributed by atoms with Gasteiger partial charge in [0.1, 0.15) is 5.76 Å². The van der Waals surface area contributed by atoms with Crippen LogP contribution < -0.4 is 5.32 Å². The van der Waals surface area contributed by atoms with Crippen LogP contribution in [0.5, 0.6) is 0 Å². The number of hydrogen-bond donors (Lipinski definition) is 1. The Kier molecular flexibility index (Phi) is 5.44. The average Bonchev–Trinajstić information content (AvgIpc) is 2.86. The molecule has 112 valence electrons. The van der Waals surface area contributed by atoms with E-state index in [9.17, 15) is 0 Å². The predicted octanol–water partition coefficient (Wildman–Crippen LogP) is 3.46. The minimum atomic E-state index is 0.308. The molecule has 1 N–H and O–H groups in total. The zero-order chi connectivity index (χ0) is 14.5. The summed E-state index contributed by atoms with van der Waals surface area (Å²) in [7, 11) is 4.20. The SMILES string of the molecule is CC1=CC(C)CC(CNCC(c2ccco2)N(C)C)C1. The van der Waals surface area contributed by atoms with Crippen LogP contribution in [0.15, 0.2) is 34.5 Å². The van der Waals surface area contributed by atoms with Gasteiger partial charge in [0.2, 0.25) is 0 Å². The summed E-state index contributed by atoms with van der Waals surface area (Å²) in [6, 6.07) is 4.33. The zero-order valence-corrected chi connectivity index (χ0v) is 13.2. The monoisotopic (exact) mass is 276 g/mol. The minimum absolute atomic E-state index is 0.308. The van der Waals surface area contributed by atoms with Crippen LogP contribution in [0.25, 0.3) is 0 Å². The second-order valence-corrected chi connectivity index (χ2v) is 6.45. The zero-order valence-electron chi connectivity index (χ0n) is 13.2. The molecule has 2 rings (SSSR count). The number of hydrogen-bond acceptors (Lipinski definition) is 3. The molecule has 1 heterocycles. The lowest BCUT2D eigenvalue weighted by atomic mass is 9.84. The van der Waals surface area contributed by atoms with Gasteiger partial charge in [0.15, 0.2) is 0 Å². The highest BCUT2D eigenvalue weighted by atomic mass is 16.3. The van der Waals surface area contributed by atoms with Crippen molar-refractivity contribution in [3.63, 3.8) is 0 Å². The van der Waals surface area contributed by atoms with Crippen LogP contribution in [0.1, 0.15) is 38.5 Å². The van der Waals surface area contributed by atoms with E-state index in [2.05, 4.69) is 50.3 Å². The van der Waals surface area contributed by atoms with E-state index in [-0.39, 0.29) is 0 Å². The average molecular weight is 276 g/mol. The minimum Gasteiger partial charge on any atom is -0.468 e. The predicted molar refractivity (Wildman–Crippen MR) is 83.7 cm³/mol. The van der Waals surface area contributed by atoms with Crippen LogP contribution in [0.2, 0.25) is 0 Å². The molecular weight excluding hydrogens is 248 g/mol. The number of rotatable bonds is 6. The first kappa shape index (κ1) is 15.3. The first-order valence-electron chi connectivity index (χ1n) is 7.64. The summed E-state index contributed by atoms with van der Waals surface area (Å²) in [5.41, 5.74) is 1.55. The Morgan fingerprint density at radius 2 is 2.25 bits per heavy atom. The van der Waals surface area contributed by atoms with Gasteiger partial charge in [-0.1, -0.05) is 18.6 Å². The normalized spacial score (nSPS) is 24.8. The quantitative estimate of drug-likeness (QED) is 0.807. The number of likely N-dealkylation sites (N-methyl/N-ethyl adjacent to an activating group) is 1. The molecule has 0 radical (unpaired) electrons. The Hall–Kier alpha value is -1.06. The first-order valence-corrected chi connectivity index (χ1v) is 7.64. The third kappa shape index (κ3) is 4.22. The summed E-state index contributed by atoms with van der Waals surface area (Å²) in [6.45, 7) is 6.62. The standard InChI is InChI=1S/C17H28N2O/c1-13-8-14(2)10-15(9-13)11-18-12-16(19(3)4)17-6-5-7-20-17/h5-8,13,15-16,18H,9-12H2,1-4H3.